The Morgan fingerprint density at radius 3 is 2.84 bits per heavy atom. The molecule has 2 rings (SSSR count). The maximum atomic E-state index is 14.0. The van der Waals surface area contributed by atoms with Gasteiger partial charge in [-0.2, -0.15) is 0 Å². The highest BCUT2D eigenvalue weighted by atomic mass is 79.9. The van der Waals surface area contributed by atoms with Gasteiger partial charge in [-0.05, 0) is 43.3 Å². The SMILES string of the molecule is CCc1cccnc1C(NC)c1cc(Br)ccc1F. The van der Waals surface area contributed by atoms with Gasteiger partial charge in [-0.3, -0.25) is 4.98 Å². The first-order chi connectivity index (χ1) is 9.17. The van der Waals surface area contributed by atoms with Crippen LogP contribution < -0.4 is 5.32 Å². The van der Waals surface area contributed by atoms with Crippen molar-refractivity contribution < 1.29 is 4.39 Å². The van der Waals surface area contributed by atoms with Crippen LogP contribution in [0.3, 0.4) is 0 Å². The van der Waals surface area contributed by atoms with Crippen LogP contribution in [-0.2, 0) is 6.42 Å². The summed E-state index contributed by atoms with van der Waals surface area (Å²) in [5.41, 5.74) is 2.61. The number of benzene rings is 1. The van der Waals surface area contributed by atoms with Crippen molar-refractivity contribution >= 4 is 15.9 Å². The molecule has 0 spiro atoms. The Morgan fingerprint density at radius 2 is 2.16 bits per heavy atom. The van der Waals surface area contributed by atoms with E-state index in [4.69, 9.17) is 0 Å². The van der Waals surface area contributed by atoms with Crippen LogP contribution in [0.25, 0.3) is 0 Å². The molecule has 0 fully saturated rings. The number of hydrogen-bond acceptors (Lipinski definition) is 2. The minimum absolute atomic E-state index is 0.227. The Hall–Kier alpha value is -1.26. The van der Waals surface area contributed by atoms with Crippen molar-refractivity contribution in [3.8, 4) is 0 Å². The summed E-state index contributed by atoms with van der Waals surface area (Å²) in [6.45, 7) is 2.07. The number of halogens is 2. The van der Waals surface area contributed by atoms with Crippen LogP contribution in [0.1, 0.15) is 29.8 Å². The second-order valence-electron chi connectivity index (χ2n) is 4.29. The molecule has 0 radical (unpaired) electrons. The van der Waals surface area contributed by atoms with E-state index < -0.39 is 0 Å². The monoisotopic (exact) mass is 322 g/mol. The maximum absolute atomic E-state index is 14.0. The third-order valence-electron chi connectivity index (χ3n) is 3.14. The van der Waals surface area contributed by atoms with Gasteiger partial charge in [0.25, 0.3) is 0 Å². The number of aromatic nitrogens is 1. The molecular formula is C15H16BrFN2. The molecule has 1 atom stereocenters. The molecule has 0 saturated carbocycles. The van der Waals surface area contributed by atoms with Crippen molar-refractivity contribution in [1.29, 1.82) is 0 Å². The Labute approximate surface area is 121 Å². The minimum Gasteiger partial charge on any atom is -0.308 e. The molecule has 0 amide bonds. The number of rotatable bonds is 4. The lowest BCUT2D eigenvalue weighted by atomic mass is 9.98. The average molecular weight is 323 g/mol. The molecule has 0 bridgehead atoms. The van der Waals surface area contributed by atoms with Gasteiger partial charge in [0.15, 0.2) is 0 Å². The minimum atomic E-state index is -0.242. The summed E-state index contributed by atoms with van der Waals surface area (Å²) in [4.78, 5) is 4.42. The van der Waals surface area contributed by atoms with E-state index in [1.807, 2.05) is 19.2 Å². The fourth-order valence-corrected chi connectivity index (χ4v) is 2.56. The quantitative estimate of drug-likeness (QED) is 0.924. The van der Waals surface area contributed by atoms with Gasteiger partial charge < -0.3 is 5.32 Å². The van der Waals surface area contributed by atoms with Crippen LogP contribution >= 0.6 is 15.9 Å². The molecule has 19 heavy (non-hydrogen) atoms. The Balaban J connectivity index is 2.53. The second-order valence-corrected chi connectivity index (χ2v) is 5.20. The molecule has 1 aromatic heterocycles. The standard InChI is InChI=1S/C15H16BrFN2/c1-3-10-5-4-8-19-14(10)15(18-2)12-9-11(16)6-7-13(12)17/h4-9,15,18H,3H2,1-2H3. The molecule has 0 aliphatic rings. The first-order valence-electron chi connectivity index (χ1n) is 6.23. The number of hydrogen-bond donors (Lipinski definition) is 1. The van der Waals surface area contributed by atoms with E-state index in [0.29, 0.717) is 5.56 Å². The van der Waals surface area contributed by atoms with Gasteiger partial charge in [-0.15, -0.1) is 0 Å². The van der Waals surface area contributed by atoms with E-state index in [2.05, 4.69) is 33.2 Å². The van der Waals surface area contributed by atoms with Gasteiger partial charge in [-0.25, -0.2) is 4.39 Å². The Kier molecular flexibility index (Phi) is 4.66. The zero-order valence-electron chi connectivity index (χ0n) is 11.0. The number of aryl methyl sites for hydroxylation is 1. The van der Waals surface area contributed by atoms with Crippen molar-refractivity contribution in [3.63, 3.8) is 0 Å². The maximum Gasteiger partial charge on any atom is 0.128 e. The van der Waals surface area contributed by atoms with Crippen LogP contribution in [0, 0.1) is 5.82 Å². The molecular weight excluding hydrogens is 307 g/mol. The summed E-state index contributed by atoms with van der Waals surface area (Å²) in [5.74, 6) is -0.227. The van der Waals surface area contributed by atoms with E-state index in [0.717, 1.165) is 22.2 Å². The molecule has 2 nitrogen and oxygen atoms in total. The number of pyridine rings is 1. The first-order valence-corrected chi connectivity index (χ1v) is 7.02. The van der Waals surface area contributed by atoms with Crippen LogP contribution in [0.5, 0.6) is 0 Å². The summed E-state index contributed by atoms with van der Waals surface area (Å²) < 4.78 is 14.9. The summed E-state index contributed by atoms with van der Waals surface area (Å²) >= 11 is 3.39. The third-order valence-corrected chi connectivity index (χ3v) is 3.63. The molecule has 1 unspecified atom stereocenters. The van der Waals surface area contributed by atoms with Crippen molar-refractivity contribution in [1.82, 2.24) is 10.3 Å². The van der Waals surface area contributed by atoms with E-state index >= 15 is 0 Å². The van der Waals surface area contributed by atoms with Crippen molar-refractivity contribution in [2.75, 3.05) is 7.05 Å². The van der Waals surface area contributed by atoms with Crippen LogP contribution in [0.4, 0.5) is 4.39 Å². The van der Waals surface area contributed by atoms with Crippen LogP contribution in [0.15, 0.2) is 41.0 Å². The van der Waals surface area contributed by atoms with E-state index in [1.54, 1.807) is 18.3 Å². The molecule has 1 N–H and O–H groups in total. The highest BCUT2D eigenvalue weighted by Crippen LogP contribution is 2.27. The van der Waals surface area contributed by atoms with Gasteiger partial charge in [0.1, 0.15) is 5.82 Å². The third kappa shape index (κ3) is 3.01. The Bertz CT molecular complexity index is 572. The van der Waals surface area contributed by atoms with Crippen molar-refractivity contribution in [2.24, 2.45) is 0 Å². The van der Waals surface area contributed by atoms with Gasteiger partial charge in [-0.1, -0.05) is 28.9 Å². The topological polar surface area (TPSA) is 24.9 Å². The van der Waals surface area contributed by atoms with E-state index in [9.17, 15) is 4.39 Å². The zero-order chi connectivity index (χ0) is 13.8. The number of nitrogens with one attached hydrogen (secondary N) is 1. The predicted molar refractivity (Wildman–Crippen MR) is 78.6 cm³/mol. The normalized spacial score (nSPS) is 12.4. The highest BCUT2D eigenvalue weighted by molar-refractivity contribution is 9.10. The van der Waals surface area contributed by atoms with Crippen LogP contribution in [0.2, 0.25) is 0 Å². The molecule has 1 heterocycles. The summed E-state index contributed by atoms with van der Waals surface area (Å²) in [5, 5.41) is 3.15. The first kappa shape index (κ1) is 14.2. The van der Waals surface area contributed by atoms with Crippen molar-refractivity contribution in [3.05, 3.63) is 63.6 Å². The Morgan fingerprint density at radius 1 is 1.37 bits per heavy atom. The molecule has 0 aliphatic carbocycles. The molecule has 100 valence electrons. The summed E-state index contributed by atoms with van der Waals surface area (Å²) in [6.07, 6.45) is 2.62. The molecule has 1 aromatic carbocycles. The fraction of sp³-hybridized carbons (Fsp3) is 0.267. The van der Waals surface area contributed by atoms with E-state index in [1.165, 1.54) is 6.07 Å². The van der Waals surface area contributed by atoms with Gasteiger partial charge in [0, 0.05) is 16.2 Å². The lowest BCUT2D eigenvalue weighted by Crippen LogP contribution is -2.21. The molecule has 0 saturated heterocycles. The predicted octanol–water partition coefficient (Wildman–Crippen LogP) is 3.85. The van der Waals surface area contributed by atoms with Gasteiger partial charge >= 0.3 is 0 Å². The van der Waals surface area contributed by atoms with Gasteiger partial charge in [0.05, 0.1) is 11.7 Å². The molecule has 4 heteroatoms. The zero-order valence-corrected chi connectivity index (χ0v) is 12.5. The largest absolute Gasteiger partial charge is 0.308 e. The van der Waals surface area contributed by atoms with Crippen molar-refractivity contribution in [2.45, 2.75) is 19.4 Å². The number of nitrogens with zero attached hydrogens (tertiary/aromatic N) is 1. The second kappa shape index (κ2) is 6.26. The smallest absolute Gasteiger partial charge is 0.128 e. The fourth-order valence-electron chi connectivity index (χ4n) is 2.19. The average Bonchev–Trinajstić information content (AvgIpc) is 2.44. The molecule has 2 aromatic rings. The highest BCUT2D eigenvalue weighted by Gasteiger charge is 2.20. The summed E-state index contributed by atoms with van der Waals surface area (Å²) in [7, 11) is 1.82. The van der Waals surface area contributed by atoms with Crippen LogP contribution in [-0.4, -0.2) is 12.0 Å². The molecule has 0 aliphatic heterocycles. The summed E-state index contributed by atoms with van der Waals surface area (Å²) in [6, 6.07) is 8.66. The lowest BCUT2D eigenvalue weighted by molar-refractivity contribution is 0.568. The lowest BCUT2D eigenvalue weighted by Gasteiger charge is -2.19. The van der Waals surface area contributed by atoms with E-state index in [-0.39, 0.29) is 11.9 Å². The van der Waals surface area contributed by atoms with Gasteiger partial charge in [0.2, 0.25) is 0 Å².